The first kappa shape index (κ1) is 16.1. The molecule has 2 rings (SSSR count). The molecule has 0 amide bonds. The number of rotatable bonds is 6. The lowest BCUT2D eigenvalue weighted by atomic mass is 10.0. The molecule has 21 heavy (non-hydrogen) atoms. The number of methoxy groups -OCH3 is 1. The second kappa shape index (κ2) is 8.25. The molecule has 1 aromatic rings. The summed E-state index contributed by atoms with van der Waals surface area (Å²) < 4.78 is 11.1. The van der Waals surface area contributed by atoms with E-state index in [2.05, 4.69) is 29.3 Å². The van der Waals surface area contributed by atoms with Crippen LogP contribution in [0.1, 0.15) is 38.3 Å². The summed E-state index contributed by atoms with van der Waals surface area (Å²) in [6.45, 7) is 9.36. The zero-order chi connectivity index (χ0) is 15.1. The highest BCUT2D eigenvalue weighted by molar-refractivity contribution is 5.43. The highest BCUT2D eigenvalue weighted by atomic mass is 16.5. The average Bonchev–Trinajstić information content (AvgIpc) is 2.79. The molecule has 0 radical (unpaired) electrons. The summed E-state index contributed by atoms with van der Waals surface area (Å²) in [5.41, 5.74) is 1.32. The highest BCUT2D eigenvalue weighted by Crippen LogP contribution is 2.33. The van der Waals surface area contributed by atoms with Crippen molar-refractivity contribution in [2.24, 2.45) is 0 Å². The molecule has 0 spiro atoms. The molecule has 0 bridgehead atoms. The molecule has 1 aliphatic heterocycles. The van der Waals surface area contributed by atoms with Crippen LogP contribution in [0.5, 0.6) is 11.5 Å². The fraction of sp³-hybridized carbons (Fsp3) is 0.647. The quantitative estimate of drug-likeness (QED) is 0.874. The number of ether oxygens (including phenoxy) is 2. The third-order valence-electron chi connectivity index (χ3n) is 4.07. The Labute approximate surface area is 128 Å². The summed E-state index contributed by atoms with van der Waals surface area (Å²) in [6, 6.07) is 6.81. The van der Waals surface area contributed by atoms with E-state index in [1.165, 1.54) is 12.0 Å². The van der Waals surface area contributed by atoms with Gasteiger partial charge < -0.3 is 14.8 Å². The molecule has 4 heteroatoms. The van der Waals surface area contributed by atoms with Gasteiger partial charge in [-0.15, -0.1) is 0 Å². The number of nitrogens with zero attached hydrogens (tertiary/aromatic N) is 1. The molecule has 0 aromatic heterocycles. The van der Waals surface area contributed by atoms with Crippen molar-refractivity contribution >= 4 is 0 Å². The third-order valence-corrected chi connectivity index (χ3v) is 4.07. The second-order valence-electron chi connectivity index (χ2n) is 5.41. The molecule has 1 fully saturated rings. The summed E-state index contributed by atoms with van der Waals surface area (Å²) >= 11 is 0. The fourth-order valence-electron chi connectivity index (χ4n) is 3.05. The molecule has 1 unspecified atom stereocenters. The number of hydrogen-bond acceptors (Lipinski definition) is 4. The van der Waals surface area contributed by atoms with Crippen LogP contribution in [0.4, 0.5) is 0 Å². The minimum atomic E-state index is 0.453. The lowest BCUT2D eigenvalue weighted by Crippen LogP contribution is -2.32. The Hall–Kier alpha value is -1.26. The van der Waals surface area contributed by atoms with Gasteiger partial charge in [0.25, 0.3) is 0 Å². The Morgan fingerprint density at radius 1 is 1.19 bits per heavy atom. The molecule has 1 heterocycles. The van der Waals surface area contributed by atoms with Crippen molar-refractivity contribution in [2.75, 3.05) is 39.9 Å². The fourth-order valence-corrected chi connectivity index (χ4v) is 3.05. The van der Waals surface area contributed by atoms with Gasteiger partial charge in [0.15, 0.2) is 11.5 Å². The maximum atomic E-state index is 5.61. The van der Waals surface area contributed by atoms with E-state index in [0.717, 1.165) is 44.1 Å². The van der Waals surface area contributed by atoms with Crippen LogP contribution in [0.15, 0.2) is 18.2 Å². The summed E-state index contributed by atoms with van der Waals surface area (Å²) in [7, 11) is 1.71. The lowest BCUT2D eigenvalue weighted by Gasteiger charge is -2.30. The van der Waals surface area contributed by atoms with Gasteiger partial charge in [-0.3, -0.25) is 4.90 Å². The van der Waals surface area contributed by atoms with E-state index < -0.39 is 0 Å². The number of benzene rings is 1. The maximum Gasteiger partial charge on any atom is 0.161 e. The van der Waals surface area contributed by atoms with Gasteiger partial charge in [-0.25, -0.2) is 0 Å². The van der Waals surface area contributed by atoms with Gasteiger partial charge >= 0.3 is 0 Å². The Morgan fingerprint density at radius 2 is 2.05 bits per heavy atom. The largest absolute Gasteiger partial charge is 0.493 e. The highest BCUT2D eigenvalue weighted by Gasteiger charge is 2.21. The van der Waals surface area contributed by atoms with E-state index in [1.807, 2.05) is 13.0 Å². The first-order chi connectivity index (χ1) is 10.3. The summed E-state index contributed by atoms with van der Waals surface area (Å²) in [6.07, 6.45) is 2.32. The van der Waals surface area contributed by atoms with Crippen LogP contribution in [0, 0.1) is 0 Å². The Morgan fingerprint density at radius 3 is 2.76 bits per heavy atom. The minimum Gasteiger partial charge on any atom is -0.493 e. The van der Waals surface area contributed by atoms with Crippen LogP contribution in [-0.4, -0.2) is 44.8 Å². The normalized spacial score (nSPS) is 18.0. The smallest absolute Gasteiger partial charge is 0.161 e. The van der Waals surface area contributed by atoms with Crippen molar-refractivity contribution in [3.8, 4) is 11.5 Å². The molecule has 1 atom stereocenters. The first-order valence-corrected chi connectivity index (χ1v) is 8.05. The van der Waals surface area contributed by atoms with Gasteiger partial charge in [0.1, 0.15) is 0 Å². The second-order valence-corrected chi connectivity index (χ2v) is 5.41. The third kappa shape index (κ3) is 4.11. The topological polar surface area (TPSA) is 33.7 Å². The molecule has 0 saturated carbocycles. The SMILES string of the molecule is CCOc1ccc(C(CC)N2CCCNCC2)cc1OC. The van der Waals surface area contributed by atoms with E-state index in [4.69, 9.17) is 9.47 Å². The monoisotopic (exact) mass is 292 g/mol. The molecular formula is C17H28N2O2. The molecule has 1 saturated heterocycles. The zero-order valence-corrected chi connectivity index (χ0v) is 13.5. The van der Waals surface area contributed by atoms with E-state index in [9.17, 15) is 0 Å². The average molecular weight is 292 g/mol. The minimum absolute atomic E-state index is 0.453. The molecule has 118 valence electrons. The standard InChI is InChI=1S/C17H28N2O2/c1-4-15(19-11-6-9-18-10-12-19)14-7-8-16(21-5-2)17(13-14)20-3/h7-8,13,15,18H,4-6,9-12H2,1-3H3. The molecule has 1 aromatic carbocycles. The predicted molar refractivity (Wildman–Crippen MR) is 86.3 cm³/mol. The van der Waals surface area contributed by atoms with Crippen LogP contribution in [0.2, 0.25) is 0 Å². The molecule has 0 aliphatic carbocycles. The lowest BCUT2D eigenvalue weighted by molar-refractivity contribution is 0.204. The van der Waals surface area contributed by atoms with Gasteiger partial charge in [-0.1, -0.05) is 13.0 Å². The van der Waals surface area contributed by atoms with Crippen molar-refractivity contribution < 1.29 is 9.47 Å². The van der Waals surface area contributed by atoms with Gasteiger partial charge in [-0.05, 0) is 44.0 Å². The Kier molecular flexibility index (Phi) is 6.33. The van der Waals surface area contributed by atoms with Crippen LogP contribution in [-0.2, 0) is 0 Å². The predicted octanol–water partition coefficient (Wildman–Crippen LogP) is 2.84. The van der Waals surface area contributed by atoms with Gasteiger partial charge in [0, 0.05) is 25.7 Å². The molecule has 1 N–H and O–H groups in total. The molecular weight excluding hydrogens is 264 g/mol. The van der Waals surface area contributed by atoms with E-state index in [-0.39, 0.29) is 0 Å². The van der Waals surface area contributed by atoms with Crippen molar-refractivity contribution in [3.05, 3.63) is 23.8 Å². The number of hydrogen-bond donors (Lipinski definition) is 1. The van der Waals surface area contributed by atoms with Crippen LogP contribution >= 0.6 is 0 Å². The van der Waals surface area contributed by atoms with Gasteiger partial charge in [0.2, 0.25) is 0 Å². The van der Waals surface area contributed by atoms with E-state index in [1.54, 1.807) is 7.11 Å². The molecule has 1 aliphatic rings. The van der Waals surface area contributed by atoms with Crippen LogP contribution in [0.3, 0.4) is 0 Å². The summed E-state index contributed by atoms with van der Waals surface area (Å²) in [5, 5.41) is 3.47. The van der Waals surface area contributed by atoms with Gasteiger partial charge in [-0.2, -0.15) is 0 Å². The Balaban J connectivity index is 2.20. The Bertz CT molecular complexity index is 429. The van der Waals surface area contributed by atoms with Crippen molar-refractivity contribution in [2.45, 2.75) is 32.7 Å². The zero-order valence-electron chi connectivity index (χ0n) is 13.5. The van der Waals surface area contributed by atoms with Crippen molar-refractivity contribution in [1.29, 1.82) is 0 Å². The van der Waals surface area contributed by atoms with E-state index >= 15 is 0 Å². The van der Waals surface area contributed by atoms with Crippen LogP contribution < -0.4 is 14.8 Å². The first-order valence-electron chi connectivity index (χ1n) is 8.05. The van der Waals surface area contributed by atoms with Gasteiger partial charge in [0.05, 0.1) is 13.7 Å². The van der Waals surface area contributed by atoms with Crippen LogP contribution in [0.25, 0.3) is 0 Å². The summed E-state index contributed by atoms with van der Waals surface area (Å²) in [4.78, 5) is 2.58. The summed E-state index contributed by atoms with van der Waals surface area (Å²) in [5.74, 6) is 1.66. The maximum absolute atomic E-state index is 5.61. The molecule has 4 nitrogen and oxygen atoms in total. The van der Waals surface area contributed by atoms with Crippen molar-refractivity contribution in [1.82, 2.24) is 10.2 Å². The van der Waals surface area contributed by atoms with E-state index in [0.29, 0.717) is 12.6 Å². The number of nitrogens with one attached hydrogen (secondary N) is 1. The van der Waals surface area contributed by atoms with Crippen molar-refractivity contribution in [3.63, 3.8) is 0 Å².